The van der Waals surface area contributed by atoms with Crippen LogP contribution in [0.1, 0.15) is 15.4 Å². The van der Waals surface area contributed by atoms with Crippen LogP contribution in [0.25, 0.3) is 10.6 Å². The van der Waals surface area contributed by atoms with E-state index in [0.29, 0.717) is 10.6 Å². The summed E-state index contributed by atoms with van der Waals surface area (Å²) in [6.45, 7) is 1.78. The highest BCUT2D eigenvalue weighted by Gasteiger charge is 2.25. The topological polar surface area (TPSA) is 76.1 Å². The minimum atomic E-state index is -3.18. The zero-order chi connectivity index (χ0) is 15.7. The second-order valence-electron chi connectivity index (χ2n) is 5.04. The highest BCUT2D eigenvalue weighted by molar-refractivity contribution is 7.94. The Morgan fingerprint density at radius 2 is 2.05 bits per heavy atom. The molecule has 0 bridgehead atoms. The van der Waals surface area contributed by atoms with Gasteiger partial charge in [0.25, 0.3) is 5.91 Å². The maximum absolute atomic E-state index is 12.3. The molecule has 0 spiro atoms. The summed E-state index contributed by atoms with van der Waals surface area (Å²) in [6, 6.07) is 9.15. The molecule has 0 aliphatic carbocycles. The molecule has 0 fully saturated rings. The van der Waals surface area contributed by atoms with Crippen LogP contribution in [-0.2, 0) is 9.84 Å². The number of nitrogens with one attached hydrogen (secondary N) is 1. The van der Waals surface area contributed by atoms with Gasteiger partial charge in [0.15, 0.2) is 9.84 Å². The second-order valence-corrected chi connectivity index (χ2v) is 7.97. The molecule has 1 amide bonds. The van der Waals surface area contributed by atoms with Gasteiger partial charge < -0.3 is 5.32 Å². The van der Waals surface area contributed by atoms with Gasteiger partial charge in [-0.2, -0.15) is 0 Å². The fourth-order valence-electron chi connectivity index (χ4n) is 2.21. The summed E-state index contributed by atoms with van der Waals surface area (Å²) >= 11 is 1.31. The van der Waals surface area contributed by atoms with E-state index in [0.717, 1.165) is 16.0 Å². The number of carbonyl (C=O) groups excluding carboxylic acids is 1. The highest BCUT2D eigenvalue weighted by Crippen LogP contribution is 2.27. The minimum absolute atomic E-state index is 0.0812. The normalized spacial score (nSPS) is 19.2. The van der Waals surface area contributed by atoms with E-state index in [9.17, 15) is 13.2 Å². The summed E-state index contributed by atoms with van der Waals surface area (Å²) in [5.41, 5.74) is 1.60. The lowest BCUT2D eigenvalue weighted by Gasteiger charge is -2.08. The molecule has 0 saturated carbocycles. The van der Waals surface area contributed by atoms with Crippen molar-refractivity contribution in [3.05, 3.63) is 52.4 Å². The van der Waals surface area contributed by atoms with Crippen LogP contribution in [0.3, 0.4) is 0 Å². The summed E-state index contributed by atoms with van der Waals surface area (Å²) in [7, 11) is -3.18. The second kappa shape index (κ2) is 5.66. The number of hydrogen-bond donors (Lipinski definition) is 1. The van der Waals surface area contributed by atoms with Crippen molar-refractivity contribution >= 4 is 27.1 Å². The van der Waals surface area contributed by atoms with Crippen molar-refractivity contribution in [1.82, 2.24) is 10.3 Å². The Morgan fingerprint density at radius 1 is 1.32 bits per heavy atom. The number of hydrogen-bond acceptors (Lipinski definition) is 5. The van der Waals surface area contributed by atoms with Crippen molar-refractivity contribution in [3.63, 3.8) is 0 Å². The van der Waals surface area contributed by atoms with E-state index < -0.39 is 15.9 Å². The first kappa shape index (κ1) is 14.9. The summed E-state index contributed by atoms with van der Waals surface area (Å²) in [5.74, 6) is -0.369. The number of amides is 1. The molecule has 1 aliphatic heterocycles. The molecular weight excluding hydrogens is 320 g/mol. The third-order valence-electron chi connectivity index (χ3n) is 3.27. The predicted octanol–water partition coefficient (Wildman–Crippen LogP) is 2.16. The van der Waals surface area contributed by atoms with Crippen LogP contribution >= 0.6 is 11.3 Å². The average Bonchev–Trinajstić information content (AvgIpc) is 3.02. The van der Waals surface area contributed by atoms with Gasteiger partial charge in [-0.1, -0.05) is 30.3 Å². The summed E-state index contributed by atoms with van der Waals surface area (Å²) < 4.78 is 22.7. The van der Waals surface area contributed by atoms with Gasteiger partial charge in [-0.15, -0.1) is 11.3 Å². The molecule has 114 valence electrons. The number of thiazole rings is 1. The molecule has 0 radical (unpaired) electrons. The molecule has 1 N–H and O–H groups in total. The number of rotatable bonds is 3. The number of aryl methyl sites for hydroxylation is 1. The van der Waals surface area contributed by atoms with Gasteiger partial charge in [0.05, 0.1) is 17.5 Å². The van der Waals surface area contributed by atoms with Crippen LogP contribution in [0.4, 0.5) is 0 Å². The highest BCUT2D eigenvalue weighted by atomic mass is 32.2. The van der Waals surface area contributed by atoms with Crippen LogP contribution in [0.2, 0.25) is 0 Å². The Morgan fingerprint density at radius 3 is 2.68 bits per heavy atom. The van der Waals surface area contributed by atoms with Crippen molar-refractivity contribution < 1.29 is 13.2 Å². The quantitative estimate of drug-likeness (QED) is 0.933. The third-order valence-corrected chi connectivity index (χ3v) is 5.87. The van der Waals surface area contributed by atoms with Crippen LogP contribution in [-0.4, -0.2) is 31.1 Å². The SMILES string of the molecule is Cc1nc(-c2ccccc2)sc1C(=O)N[C@H]1C=CS(=O)(=O)C1. The van der Waals surface area contributed by atoms with Crippen molar-refractivity contribution in [1.29, 1.82) is 0 Å². The van der Waals surface area contributed by atoms with Crippen molar-refractivity contribution in [2.75, 3.05) is 5.75 Å². The van der Waals surface area contributed by atoms with Crippen LogP contribution in [0.5, 0.6) is 0 Å². The van der Waals surface area contributed by atoms with Crippen molar-refractivity contribution in [2.24, 2.45) is 0 Å². The van der Waals surface area contributed by atoms with Gasteiger partial charge in [-0.05, 0) is 13.0 Å². The van der Waals surface area contributed by atoms with Gasteiger partial charge >= 0.3 is 0 Å². The molecule has 2 heterocycles. The molecule has 1 aromatic carbocycles. The van der Waals surface area contributed by atoms with E-state index in [1.165, 1.54) is 17.4 Å². The van der Waals surface area contributed by atoms with Crippen LogP contribution in [0, 0.1) is 6.92 Å². The number of nitrogens with zero attached hydrogens (tertiary/aromatic N) is 1. The number of benzene rings is 1. The Balaban J connectivity index is 1.79. The maximum atomic E-state index is 12.3. The first-order valence-electron chi connectivity index (χ1n) is 6.69. The number of sulfone groups is 1. The van der Waals surface area contributed by atoms with E-state index in [1.54, 1.807) is 6.92 Å². The zero-order valence-electron chi connectivity index (χ0n) is 11.8. The van der Waals surface area contributed by atoms with Crippen molar-refractivity contribution in [3.8, 4) is 10.6 Å². The van der Waals surface area contributed by atoms with Crippen molar-refractivity contribution in [2.45, 2.75) is 13.0 Å². The fraction of sp³-hybridized carbons (Fsp3) is 0.200. The molecule has 0 saturated heterocycles. The molecule has 1 atom stereocenters. The fourth-order valence-corrected chi connectivity index (χ4v) is 4.42. The lowest BCUT2D eigenvalue weighted by Crippen LogP contribution is -2.35. The monoisotopic (exact) mass is 334 g/mol. The van der Waals surface area contributed by atoms with Gasteiger partial charge in [0, 0.05) is 11.0 Å². The first-order valence-corrected chi connectivity index (χ1v) is 9.22. The third kappa shape index (κ3) is 3.10. The standard InChI is InChI=1S/C15H14N2O3S2/c1-10-13(14(18)17-12-7-8-22(19,20)9-12)21-15(16-10)11-5-3-2-4-6-11/h2-8,12H,9H2,1H3,(H,17,18)/t12-/m0/s1. The molecule has 22 heavy (non-hydrogen) atoms. The molecular formula is C15H14N2O3S2. The van der Waals surface area contributed by atoms with E-state index in [4.69, 9.17) is 0 Å². The molecule has 1 aliphatic rings. The maximum Gasteiger partial charge on any atom is 0.263 e. The predicted molar refractivity (Wildman–Crippen MR) is 86.5 cm³/mol. The molecule has 3 rings (SSSR count). The Labute approximate surface area is 132 Å². The van der Waals surface area contributed by atoms with E-state index in [-0.39, 0.29) is 11.7 Å². The Bertz CT molecular complexity index is 839. The molecule has 0 unspecified atom stereocenters. The molecule has 2 aromatic rings. The average molecular weight is 334 g/mol. The Kier molecular flexibility index (Phi) is 3.84. The largest absolute Gasteiger partial charge is 0.344 e. The minimum Gasteiger partial charge on any atom is -0.344 e. The van der Waals surface area contributed by atoms with Crippen LogP contribution in [0.15, 0.2) is 41.8 Å². The number of carbonyl (C=O) groups is 1. The number of aromatic nitrogens is 1. The van der Waals surface area contributed by atoms with E-state index in [1.807, 2.05) is 30.3 Å². The molecule has 5 nitrogen and oxygen atoms in total. The van der Waals surface area contributed by atoms with Gasteiger partial charge in [0.2, 0.25) is 0 Å². The lowest BCUT2D eigenvalue weighted by atomic mass is 10.2. The van der Waals surface area contributed by atoms with Crippen LogP contribution < -0.4 is 5.32 Å². The molecule has 1 aromatic heterocycles. The molecule has 7 heteroatoms. The first-order chi connectivity index (χ1) is 10.4. The Hall–Kier alpha value is -1.99. The van der Waals surface area contributed by atoms with Gasteiger partial charge in [-0.3, -0.25) is 4.79 Å². The van der Waals surface area contributed by atoms with Gasteiger partial charge in [0.1, 0.15) is 9.88 Å². The summed E-state index contributed by atoms with van der Waals surface area (Å²) in [4.78, 5) is 17.2. The van der Waals surface area contributed by atoms with E-state index >= 15 is 0 Å². The summed E-state index contributed by atoms with van der Waals surface area (Å²) in [5, 5.41) is 4.64. The van der Waals surface area contributed by atoms with E-state index in [2.05, 4.69) is 10.3 Å². The lowest BCUT2D eigenvalue weighted by molar-refractivity contribution is 0.0951. The smallest absolute Gasteiger partial charge is 0.263 e. The summed E-state index contributed by atoms with van der Waals surface area (Å²) in [6.07, 6.45) is 1.50. The zero-order valence-corrected chi connectivity index (χ0v) is 13.4. The van der Waals surface area contributed by atoms with Gasteiger partial charge in [-0.25, -0.2) is 13.4 Å².